The van der Waals surface area contributed by atoms with Crippen LogP contribution >= 0.6 is 0 Å². The topological polar surface area (TPSA) is 65.0 Å². The Morgan fingerprint density at radius 1 is 1.50 bits per heavy atom. The predicted octanol–water partition coefficient (Wildman–Crippen LogP) is 1.95. The van der Waals surface area contributed by atoms with E-state index in [1.807, 2.05) is 0 Å². The van der Waals surface area contributed by atoms with Crippen molar-refractivity contribution in [2.45, 2.75) is 18.9 Å². The first kappa shape index (κ1) is 12.7. The van der Waals surface area contributed by atoms with Crippen LogP contribution < -0.4 is 9.47 Å². The van der Waals surface area contributed by atoms with Crippen LogP contribution in [0.1, 0.15) is 23.2 Å². The zero-order valence-corrected chi connectivity index (χ0v) is 10.2. The van der Waals surface area contributed by atoms with Crippen LogP contribution in [0.15, 0.2) is 18.2 Å². The third kappa shape index (κ3) is 2.73. The van der Waals surface area contributed by atoms with Crippen molar-refractivity contribution in [3.63, 3.8) is 0 Å². The van der Waals surface area contributed by atoms with Gasteiger partial charge in [-0.3, -0.25) is 0 Å². The molecular weight excluding hydrogens is 236 g/mol. The van der Waals surface area contributed by atoms with Gasteiger partial charge >= 0.3 is 5.97 Å². The highest BCUT2D eigenvalue weighted by Gasteiger charge is 2.22. The summed E-state index contributed by atoms with van der Waals surface area (Å²) in [6, 6.07) is 4.82. The van der Waals surface area contributed by atoms with E-state index < -0.39 is 5.97 Å². The average molecular weight is 252 g/mol. The summed E-state index contributed by atoms with van der Waals surface area (Å²) in [5.41, 5.74) is 0.111. The Labute approximate surface area is 105 Å². The molecule has 1 atom stereocenters. The largest absolute Gasteiger partial charge is 0.493 e. The van der Waals surface area contributed by atoms with Crippen LogP contribution in [0.5, 0.6) is 11.5 Å². The monoisotopic (exact) mass is 252 g/mol. The van der Waals surface area contributed by atoms with Crippen LogP contribution in [0.25, 0.3) is 0 Å². The summed E-state index contributed by atoms with van der Waals surface area (Å²) >= 11 is 0. The van der Waals surface area contributed by atoms with Crippen molar-refractivity contribution in [1.29, 1.82) is 0 Å². The first-order valence-corrected chi connectivity index (χ1v) is 5.87. The molecule has 18 heavy (non-hydrogen) atoms. The number of carboxylic acid groups (broad SMARTS) is 1. The highest BCUT2D eigenvalue weighted by atomic mass is 16.5. The summed E-state index contributed by atoms with van der Waals surface area (Å²) in [6.45, 7) is 1.22. The molecule has 5 heteroatoms. The molecule has 5 nitrogen and oxygen atoms in total. The van der Waals surface area contributed by atoms with E-state index in [0.717, 1.165) is 19.4 Å². The van der Waals surface area contributed by atoms with E-state index in [1.165, 1.54) is 13.2 Å². The normalized spacial score (nSPS) is 19.3. The van der Waals surface area contributed by atoms with E-state index in [4.69, 9.17) is 19.3 Å². The number of para-hydroxylation sites is 1. The van der Waals surface area contributed by atoms with Crippen molar-refractivity contribution >= 4 is 5.97 Å². The van der Waals surface area contributed by atoms with Gasteiger partial charge in [-0.25, -0.2) is 4.79 Å². The Morgan fingerprint density at radius 3 is 2.94 bits per heavy atom. The van der Waals surface area contributed by atoms with Gasteiger partial charge in [0.15, 0.2) is 11.5 Å². The molecule has 0 spiro atoms. The molecule has 1 heterocycles. The molecular formula is C13H16O5. The minimum Gasteiger partial charge on any atom is -0.493 e. The van der Waals surface area contributed by atoms with Crippen LogP contribution in [0.2, 0.25) is 0 Å². The van der Waals surface area contributed by atoms with Crippen molar-refractivity contribution in [2.24, 2.45) is 0 Å². The third-order valence-electron chi connectivity index (χ3n) is 2.83. The quantitative estimate of drug-likeness (QED) is 0.887. The molecule has 98 valence electrons. The lowest BCUT2D eigenvalue weighted by atomic mass is 10.1. The molecule has 1 aliphatic heterocycles. The molecule has 1 saturated heterocycles. The first-order valence-electron chi connectivity index (χ1n) is 5.87. The van der Waals surface area contributed by atoms with Crippen molar-refractivity contribution < 1.29 is 24.1 Å². The van der Waals surface area contributed by atoms with Crippen molar-refractivity contribution in [3.8, 4) is 11.5 Å². The lowest BCUT2D eigenvalue weighted by molar-refractivity contribution is 0.00577. The van der Waals surface area contributed by atoms with Gasteiger partial charge in [0, 0.05) is 6.61 Å². The Morgan fingerprint density at radius 2 is 2.33 bits per heavy atom. The van der Waals surface area contributed by atoms with Crippen LogP contribution in [-0.4, -0.2) is 37.5 Å². The van der Waals surface area contributed by atoms with Gasteiger partial charge in [0.2, 0.25) is 0 Å². The van der Waals surface area contributed by atoms with E-state index in [2.05, 4.69) is 0 Å². The van der Waals surface area contributed by atoms with Crippen molar-refractivity contribution in [3.05, 3.63) is 23.8 Å². The number of rotatable bonds is 4. The molecule has 1 fully saturated rings. The fourth-order valence-electron chi connectivity index (χ4n) is 1.94. The number of carboxylic acids is 1. The molecule has 0 aliphatic carbocycles. The highest BCUT2D eigenvalue weighted by molar-refractivity contribution is 5.92. The van der Waals surface area contributed by atoms with Crippen molar-refractivity contribution in [1.82, 2.24) is 0 Å². The number of ether oxygens (including phenoxy) is 3. The summed E-state index contributed by atoms with van der Waals surface area (Å²) in [4.78, 5) is 11.2. The lowest BCUT2D eigenvalue weighted by Gasteiger charge is -2.24. The molecule has 2 rings (SSSR count). The summed E-state index contributed by atoms with van der Waals surface area (Å²) in [5.74, 6) is -0.316. The van der Waals surface area contributed by atoms with Gasteiger partial charge in [-0.2, -0.15) is 0 Å². The molecule has 1 aromatic carbocycles. The first-order chi connectivity index (χ1) is 8.72. The predicted molar refractivity (Wildman–Crippen MR) is 64.4 cm³/mol. The van der Waals surface area contributed by atoms with E-state index in [1.54, 1.807) is 12.1 Å². The second kappa shape index (κ2) is 5.73. The van der Waals surface area contributed by atoms with Crippen LogP contribution in [0.4, 0.5) is 0 Å². The maximum Gasteiger partial charge on any atom is 0.339 e. The van der Waals surface area contributed by atoms with E-state index in [9.17, 15) is 4.79 Å². The molecule has 1 N–H and O–H groups in total. The molecule has 1 aliphatic rings. The van der Waals surface area contributed by atoms with E-state index >= 15 is 0 Å². The Bertz CT molecular complexity index is 423. The van der Waals surface area contributed by atoms with Crippen LogP contribution in [0.3, 0.4) is 0 Å². The second-order valence-corrected chi connectivity index (χ2v) is 4.10. The Hall–Kier alpha value is -1.75. The number of benzene rings is 1. The maximum absolute atomic E-state index is 11.2. The molecule has 1 unspecified atom stereocenters. The third-order valence-corrected chi connectivity index (χ3v) is 2.83. The van der Waals surface area contributed by atoms with Gasteiger partial charge in [-0.05, 0) is 25.0 Å². The fourth-order valence-corrected chi connectivity index (χ4v) is 1.94. The SMILES string of the molecule is COc1cccc(C(=O)O)c1OC1CCCOC1. The minimum atomic E-state index is -1.03. The lowest BCUT2D eigenvalue weighted by Crippen LogP contribution is -2.28. The number of methoxy groups -OCH3 is 1. The molecule has 0 saturated carbocycles. The number of aromatic carboxylic acids is 1. The van der Waals surface area contributed by atoms with Gasteiger partial charge in [-0.15, -0.1) is 0 Å². The summed E-state index contributed by atoms with van der Waals surface area (Å²) in [5, 5.41) is 9.15. The van der Waals surface area contributed by atoms with Crippen LogP contribution in [-0.2, 0) is 4.74 Å². The van der Waals surface area contributed by atoms with Gasteiger partial charge in [0.05, 0.1) is 13.7 Å². The fraction of sp³-hybridized carbons (Fsp3) is 0.462. The van der Waals surface area contributed by atoms with Gasteiger partial charge in [0.1, 0.15) is 11.7 Å². The number of carbonyl (C=O) groups is 1. The minimum absolute atomic E-state index is 0.111. The van der Waals surface area contributed by atoms with Crippen molar-refractivity contribution in [2.75, 3.05) is 20.3 Å². The zero-order valence-electron chi connectivity index (χ0n) is 10.2. The molecule has 0 amide bonds. The van der Waals surface area contributed by atoms with E-state index in [0.29, 0.717) is 12.4 Å². The standard InChI is InChI=1S/C13H16O5/c1-16-11-6-2-5-10(13(14)15)12(11)18-9-4-3-7-17-8-9/h2,5-6,9H,3-4,7-8H2,1H3,(H,14,15). The summed E-state index contributed by atoms with van der Waals surface area (Å²) in [7, 11) is 1.49. The molecule has 0 aromatic heterocycles. The number of hydrogen-bond acceptors (Lipinski definition) is 4. The number of hydrogen-bond donors (Lipinski definition) is 1. The summed E-state index contributed by atoms with van der Waals surface area (Å²) < 4.78 is 16.2. The molecule has 0 radical (unpaired) electrons. The zero-order chi connectivity index (χ0) is 13.0. The highest BCUT2D eigenvalue weighted by Crippen LogP contribution is 2.32. The Kier molecular flexibility index (Phi) is 4.04. The van der Waals surface area contributed by atoms with E-state index in [-0.39, 0.29) is 17.4 Å². The maximum atomic E-state index is 11.2. The average Bonchev–Trinajstić information content (AvgIpc) is 2.40. The molecule has 0 bridgehead atoms. The van der Waals surface area contributed by atoms with Gasteiger partial charge in [-0.1, -0.05) is 6.07 Å². The molecule has 1 aromatic rings. The smallest absolute Gasteiger partial charge is 0.339 e. The van der Waals surface area contributed by atoms with Gasteiger partial charge in [0.25, 0.3) is 0 Å². The second-order valence-electron chi connectivity index (χ2n) is 4.10. The van der Waals surface area contributed by atoms with Crippen LogP contribution in [0, 0.1) is 0 Å². The van der Waals surface area contributed by atoms with Gasteiger partial charge < -0.3 is 19.3 Å². The summed E-state index contributed by atoms with van der Waals surface area (Å²) in [6.07, 6.45) is 1.66. The Balaban J connectivity index is 2.25.